The van der Waals surface area contributed by atoms with Gasteiger partial charge in [-0.05, 0) is 24.3 Å². The monoisotopic (exact) mass is 417 g/mol. The Labute approximate surface area is 173 Å². The maximum absolute atomic E-state index is 10.7. The van der Waals surface area contributed by atoms with Gasteiger partial charge in [-0.25, -0.2) is 0 Å². The predicted octanol–water partition coefficient (Wildman–Crippen LogP) is 4.65. The molecule has 4 rings (SSSR count). The van der Waals surface area contributed by atoms with Crippen molar-refractivity contribution < 1.29 is 10.2 Å². The zero-order valence-electron chi connectivity index (χ0n) is 15.2. The van der Waals surface area contributed by atoms with E-state index in [1.54, 1.807) is 12.1 Å². The van der Waals surface area contributed by atoms with Crippen molar-refractivity contribution in [2.24, 2.45) is 0 Å². The number of halogens is 2. The lowest BCUT2D eigenvalue weighted by molar-refractivity contribution is 0.187. The molecule has 0 saturated carbocycles. The third kappa shape index (κ3) is 3.78. The molecule has 3 aromatic rings. The molecule has 1 saturated heterocycles. The summed E-state index contributed by atoms with van der Waals surface area (Å²) in [6, 6.07) is 16.7. The van der Waals surface area contributed by atoms with E-state index in [1.165, 1.54) is 4.57 Å². The fraction of sp³-hybridized carbons (Fsp3) is 0.238. The van der Waals surface area contributed by atoms with Crippen LogP contribution < -0.4 is 4.90 Å². The van der Waals surface area contributed by atoms with Gasteiger partial charge in [-0.3, -0.25) is 9.47 Å². The maximum atomic E-state index is 10.7. The van der Waals surface area contributed by atoms with E-state index >= 15 is 0 Å². The fourth-order valence-electron chi connectivity index (χ4n) is 3.56. The Morgan fingerprint density at radius 2 is 1.57 bits per heavy atom. The second kappa shape index (κ2) is 7.95. The maximum Gasteiger partial charge on any atom is 0.203 e. The van der Waals surface area contributed by atoms with Crippen LogP contribution in [0.1, 0.15) is 0 Å². The summed E-state index contributed by atoms with van der Waals surface area (Å²) in [5, 5.41) is 22.3. The normalized spacial score (nSPS) is 15.1. The van der Waals surface area contributed by atoms with Gasteiger partial charge >= 0.3 is 0 Å². The zero-order valence-corrected chi connectivity index (χ0v) is 16.7. The van der Waals surface area contributed by atoms with Crippen LogP contribution in [0.2, 0.25) is 10.0 Å². The number of aromatic nitrogens is 1. The van der Waals surface area contributed by atoms with Gasteiger partial charge in [-0.2, -0.15) is 0 Å². The van der Waals surface area contributed by atoms with E-state index in [2.05, 4.69) is 15.9 Å². The molecule has 0 radical (unpaired) electrons. The lowest BCUT2D eigenvalue weighted by Crippen LogP contribution is -2.46. The van der Waals surface area contributed by atoms with Gasteiger partial charge in [-0.1, -0.05) is 47.5 Å². The second-order valence-electron chi connectivity index (χ2n) is 6.87. The quantitative estimate of drug-likeness (QED) is 0.648. The van der Waals surface area contributed by atoms with Crippen molar-refractivity contribution in [3.8, 4) is 22.9 Å². The van der Waals surface area contributed by atoms with E-state index in [0.717, 1.165) is 36.9 Å². The molecule has 0 amide bonds. The van der Waals surface area contributed by atoms with Crippen molar-refractivity contribution in [3.05, 3.63) is 64.6 Å². The average Bonchev–Trinajstić information content (AvgIpc) is 2.97. The lowest BCUT2D eigenvalue weighted by Gasteiger charge is -2.36. The minimum atomic E-state index is 0.0165. The van der Waals surface area contributed by atoms with Crippen molar-refractivity contribution in [1.29, 1.82) is 0 Å². The van der Waals surface area contributed by atoms with E-state index in [4.69, 9.17) is 23.2 Å². The van der Waals surface area contributed by atoms with Crippen LogP contribution in [-0.4, -0.2) is 45.9 Å². The minimum absolute atomic E-state index is 0.0165. The molecule has 0 unspecified atom stereocenters. The van der Waals surface area contributed by atoms with Crippen LogP contribution in [-0.2, 0) is 6.67 Å². The van der Waals surface area contributed by atoms with Gasteiger partial charge in [0.25, 0.3) is 0 Å². The van der Waals surface area contributed by atoms with Crippen molar-refractivity contribution in [3.63, 3.8) is 0 Å². The van der Waals surface area contributed by atoms with E-state index < -0.39 is 0 Å². The van der Waals surface area contributed by atoms with E-state index in [1.807, 2.05) is 36.4 Å². The Balaban J connectivity index is 1.47. The van der Waals surface area contributed by atoms with Gasteiger partial charge in [0.05, 0.1) is 6.67 Å². The number of piperazine rings is 1. The third-order valence-electron chi connectivity index (χ3n) is 5.10. The number of benzene rings is 2. The summed E-state index contributed by atoms with van der Waals surface area (Å²) in [6.07, 6.45) is 0. The molecule has 0 atom stereocenters. The molecule has 5 nitrogen and oxygen atoms in total. The summed E-state index contributed by atoms with van der Waals surface area (Å²) in [5.74, 6) is 0.0348. The highest BCUT2D eigenvalue weighted by Crippen LogP contribution is 2.39. The third-order valence-corrected chi connectivity index (χ3v) is 5.66. The van der Waals surface area contributed by atoms with Gasteiger partial charge in [0.2, 0.25) is 5.88 Å². The number of nitrogens with zero attached hydrogens (tertiary/aromatic N) is 3. The highest BCUT2D eigenvalue weighted by atomic mass is 35.5. The van der Waals surface area contributed by atoms with E-state index in [9.17, 15) is 10.2 Å². The summed E-state index contributed by atoms with van der Waals surface area (Å²) < 4.78 is 1.51. The van der Waals surface area contributed by atoms with Crippen molar-refractivity contribution >= 4 is 28.9 Å². The first-order valence-corrected chi connectivity index (χ1v) is 9.88. The Morgan fingerprint density at radius 3 is 2.29 bits per heavy atom. The predicted molar refractivity (Wildman–Crippen MR) is 113 cm³/mol. The van der Waals surface area contributed by atoms with Gasteiger partial charge in [0.15, 0.2) is 5.88 Å². The standard InChI is InChI=1S/C21H21Cl2N3O2/c22-15-4-3-5-16(12-15)25-10-8-24(9-11-25)14-26-20(27)13-18(21(26)28)17-6-1-2-7-19(17)23/h1-7,12-13,27-28H,8-11,14H2. The molecule has 2 heterocycles. The molecule has 1 aliphatic rings. The van der Waals surface area contributed by atoms with Crippen molar-refractivity contribution in [1.82, 2.24) is 9.47 Å². The second-order valence-corrected chi connectivity index (χ2v) is 7.72. The molecule has 0 bridgehead atoms. The smallest absolute Gasteiger partial charge is 0.203 e. The number of anilines is 1. The summed E-state index contributed by atoms with van der Waals surface area (Å²) in [7, 11) is 0. The van der Waals surface area contributed by atoms with Crippen LogP contribution in [0, 0.1) is 0 Å². The molecule has 1 aromatic heterocycles. The first kappa shape index (κ1) is 19.0. The first-order chi connectivity index (χ1) is 13.5. The number of aromatic hydroxyl groups is 2. The van der Waals surface area contributed by atoms with Gasteiger partial charge < -0.3 is 15.1 Å². The molecule has 0 aliphatic carbocycles. The zero-order chi connectivity index (χ0) is 19.7. The molecular formula is C21H21Cl2N3O2. The Morgan fingerprint density at radius 1 is 0.821 bits per heavy atom. The molecule has 1 aliphatic heterocycles. The summed E-state index contributed by atoms with van der Waals surface area (Å²) in [4.78, 5) is 4.48. The SMILES string of the molecule is Oc1cc(-c2ccccc2Cl)c(O)n1CN1CCN(c2cccc(Cl)c2)CC1. The van der Waals surface area contributed by atoms with E-state index in [0.29, 0.717) is 22.8 Å². The molecular weight excluding hydrogens is 397 g/mol. The molecule has 28 heavy (non-hydrogen) atoms. The number of rotatable bonds is 4. The fourth-order valence-corrected chi connectivity index (χ4v) is 3.99. The van der Waals surface area contributed by atoms with Crippen LogP contribution in [0.4, 0.5) is 5.69 Å². The van der Waals surface area contributed by atoms with Crippen LogP contribution in [0.15, 0.2) is 54.6 Å². The molecule has 2 N–H and O–H groups in total. The Kier molecular flexibility index (Phi) is 5.40. The first-order valence-electron chi connectivity index (χ1n) is 9.12. The molecule has 1 fully saturated rings. The number of hydrogen-bond donors (Lipinski definition) is 2. The lowest BCUT2D eigenvalue weighted by atomic mass is 10.1. The summed E-state index contributed by atoms with van der Waals surface area (Å²) in [5.41, 5.74) is 2.34. The van der Waals surface area contributed by atoms with Gasteiger partial charge in [-0.15, -0.1) is 0 Å². The highest BCUT2D eigenvalue weighted by Gasteiger charge is 2.22. The summed E-state index contributed by atoms with van der Waals surface area (Å²) in [6.45, 7) is 3.72. The highest BCUT2D eigenvalue weighted by molar-refractivity contribution is 6.33. The topological polar surface area (TPSA) is 51.9 Å². The minimum Gasteiger partial charge on any atom is -0.494 e. The largest absolute Gasteiger partial charge is 0.494 e. The molecule has 2 aromatic carbocycles. The molecule has 7 heteroatoms. The van der Waals surface area contributed by atoms with Crippen LogP contribution in [0.3, 0.4) is 0 Å². The average molecular weight is 418 g/mol. The molecule has 0 spiro atoms. The number of hydrogen-bond acceptors (Lipinski definition) is 4. The summed E-state index contributed by atoms with van der Waals surface area (Å²) >= 11 is 12.3. The van der Waals surface area contributed by atoms with Crippen LogP contribution >= 0.6 is 23.2 Å². The van der Waals surface area contributed by atoms with Crippen LogP contribution in [0.25, 0.3) is 11.1 Å². The van der Waals surface area contributed by atoms with Crippen molar-refractivity contribution in [2.75, 3.05) is 31.1 Å². The van der Waals surface area contributed by atoms with Gasteiger partial charge in [0.1, 0.15) is 0 Å². The van der Waals surface area contributed by atoms with Crippen LogP contribution in [0.5, 0.6) is 11.8 Å². The van der Waals surface area contributed by atoms with Gasteiger partial charge in [0, 0.05) is 59.1 Å². The molecule has 146 valence electrons. The Bertz CT molecular complexity index is 982. The Hall–Kier alpha value is -2.34. The van der Waals surface area contributed by atoms with E-state index in [-0.39, 0.29) is 11.8 Å². The van der Waals surface area contributed by atoms with Crippen molar-refractivity contribution in [2.45, 2.75) is 6.67 Å².